The SMILES string of the molecule is CC[C@H](CC(=O)c1ccc2occc2c1OC)c1ccccc1. The third kappa shape index (κ3) is 3.00. The molecule has 0 fully saturated rings. The molecule has 0 amide bonds. The highest BCUT2D eigenvalue weighted by atomic mass is 16.5. The summed E-state index contributed by atoms with van der Waals surface area (Å²) in [5.41, 5.74) is 2.55. The second-order valence-corrected chi connectivity index (χ2v) is 5.62. The van der Waals surface area contributed by atoms with Crippen LogP contribution in [0.3, 0.4) is 0 Å². The first-order valence-electron chi connectivity index (χ1n) is 7.87. The van der Waals surface area contributed by atoms with Crippen LogP contribution in [0.2, 0.25) is 0 Å². The van der Waals surface area contributed by atoms with Crippen LogP contribution in [0.15, 0.2) is 59.2 Å². The number of hydrogen-bond donors (Lipinski definition) is 0. The van der Waals surface area contributed by atoms with E-state index in [0.717, 1.165) is 17.4 Å². The van der Waals surface area contributed by atoms with Crippen LogP contribution in [0, 0.1) is 0 Å². The van der Waals surface area contributed by atoms with E-state index in [-0.39, 0.29) is 11.7 Å². The number of carbonyl (C=O) groups is 1. The highest BCUT2D eigenvalue weighted by Gasteiger charge is 2.20. The van der Waals surface area contributed by atoms with E-state index in [1.54, 1.807) is 19.4 Å². The molecule has 0 saturated heterocycles. The van der Waals surface area contributed by atoms with Gasteiger partial charge in [0.15, 0.2) is 5.78 Å². The molecule has 3 nitrogen and oxygen atoms in total. The largest absolute Gasteiger partial charge is 0.495 e. The lowest BCUT2D eigenvalue weighted by Crippen LogP contribution is -2.08. The first kappa shape index (κ1) is 15.3. The predicted molar refractivity (Wildman–Crippen MR) is 91.2 cm³/mol. The maximum absolute atomic E-state index is 12.8. The number of hydrogen-bond acceptors (Lipinski definition) is 3. The summed E-state index contributed by atoms with van der Waals surface area (Å²) in [7, 11) is 1.59. The van der Waals surface area contributed by atoms with E-state index in [4.69, 9.17) is 9.15 Å². The van der Waals surface area contributed by atoms with Crippen molar-refractivity contribution in [1.29, 1.82) is 0 Å². The molecule has 0 spiro atoms. The minimum absolute atomic E-state index is 0.0978. The zero-order valence-electron chi connectivity index (χ0n) is 13.4. The molecule has 0 bridgehead atoms. The average molecular weight is 308 g/mol. The molecule has 1 atom stereocenters. The lowest BCUT2D eigenvalue weighted by atomic mass is 9.89. The van der Waals surface area contributed by atoms with E-state index in [9.17, 15) is 4.79 Å². The number of furan rings is 1. The Hall–Kier alpha value is -2.55. The van der Waals surface area contributed by atoms with Gasteiger partial charge in [-0.1, -0.05) is 37.3 Å². The van der Waals surface area contributed by atoms with Crippen molar-refractivity contribution >= 4 is 16.8 Å². The summed E-state index contributed by atoms with van der Waals surface area (Å²) in [6, 6.07) is 15.6. The van der Waals surface area contributed by atoms with Gasteiger partial charge >= 0.3 is 0 Å². The van der Waals surface area contributed by atoms with Crippen LogP contribution in [0.4, 0.5) is 0 Å². The summed E-state index contributed by atoms with van der Waals surface area (Å²) in [4.78, 5) is 12.8. The lowest BCUT2D eigenvalue weighted by molar-refractivity contribution is 0.0970. The van der Waals surface area contributed by atoms with Crippen molar-refractivity contribution in [3.63, 3.8) is 0 Å². The van der Waals surface area contributed by atoms with E-state index in [2.05, 4.69) is 19.1 Å². The first-order chi connectivity index (χ1) is 11.2. The van der Waals surface area contributed by atoms with Crippen molar-refractivity contribution in [2.75, 3.05) is 7.11 Å². The highest BCUT2D eigenvalue weighted by Crippen LogP contribution is 2.33. The monoisotopic (exact) mass is 308 g/mol. The second-order valence-electron chi connectivity index (χ2n) is 5.62. The summed E-state index contributed by atoms with van der Waals surface area (Å²) in [6.45, 7) is 2.11. The Labute approximate surface area is 135 Å². The molecule has 0 aliphatic rings. The Balaban J connectivity index is 1.91. The fraction of sp³-hybridized carbons (Fsp3) is 0.250. The molecule has 3 aromatic rings. The van der Waals surface area contributed by atoms with Crippen LogP contribution < -0.4 is 4.74 Å². The number of fused-ring (bicyclic) bond motifs is 1. The number of ketones is 1. The van der Waals surface area contributed by atoms with E-state index >= 15 is 0 Å². The minimum atomic E-state index is 0.0978. The van der Waals surface area contributed by atoms with Gasteiger partial charge in [-0.2, -0.15) is 0 Å². The molecule has 1 aromatic heterocycles. The maximum Gasteiger partial charge on any atom is 0.167 e. The number of methoxy groups -OCH3 is 1. The van der Waals surface area contributed by atoms with Crippen LogP contribution in [0.25, 0.3) is 11.0 Å². The van der Waals surface area contributed by atoms with Crippen molar-refractivity contribution in [3.8, 4) is 5.75 Å². The number of ether oxygens (including phenoxy) is 1. The van der Waals surface area contributed by atoms with Gasteiger partial charge in [0.05, 0.1) is 24.3 Å². The fourth-order valence-corrected chi connectivity index (χ4v) is 3.01. The van der Waals surface area contributed by atoms with Crippen molar-refractivity contribution in [2.45, 2.75) is 25.7 Å². The molecule has 2 aromatic carbocycles. The molecule has 0 unspecified atom stereocenters. The zero-order chi connectivity index (χ0) is 16.2. The van der Waals surface area contributed by atoms with E-state index < -0.39 is 0 Å². The minimum Gasteiger partial charge on any atom is -0.495 e. The number of carbonyl (C=O) groups excluding carboxylic acids is 1. The van der Waals surface area contributed by atoms with Crippen LogP contribution in [-0.2, 0) is 0 Å². The highest BCUT2D eigenvalue weighted by molar-refractivity contribution is 6.04. The Bertz CT molecular complexity index is 802. The Kier molecular flexibility index (Phi) is 4.47. The van der Waals surface area contributed by atoms with Gasteiger partial charge in [-0.05, 0) is 36.1 Å². The molecule has 0 N–H and O–H groups in total. The van der Waals surface area contributed by atoms with Crippen molar-refractivity contribution in [1.82, 2.24) is 0 Å². The summed E-state index contributed by atoms with van der Waals surface area (Å²) >= 11 is 0. The zero-order valence-corrected chi connectivity index (χ0v) is 13.4. The van der Waals surface area contributed by atoms with Crippen molar-refractivity contribution in [3.05, 3.63) is 65.9 Å². The van der Waals surface area contributed by atoms with Gasteiger partial charge in [0.2, 0.25) is 0 Å². The molecule has 23 heavy (non-hydrogen) atoms. The molecular weight excluding hydrogens is 288 g/mol. The average Bonchev–Trinajstić information content (AvgIpc) is 3.08. The maximum atomic E-state index is 12.8. The molecular formula is C20H20O3. The molecule has 0 aliphatic carbocycles. The molecule has 3 heteroatoms. The normalized spacial score (nSPS) is 12.3. The van der Waals surface area contributed by atoms with Crippen LogP contribution in [-0.4, -0.2) is 12.9 Å². The van der Waals surface area contributed by atoms with Crippen molar-refractivity contribution in [2.24, 2.45) is 0 Å². The topological polar surface area (TPSA) is 39.4 Å². The quantitative estimate of drug-likeness (QED) is 0.587. The Morgan fingerprint density at radius 2 is 1.91 bits per heavy atom. The van der Waals surface area contributed by atoms with Gasteiger partial charge in [-0.25, -0.2) is 0 Å². The smallest absolute Gasteiger partial charge is 0.167 e. The van der Waals surface area contributed by atoms with E-state index in [0.29, 0.717) is 17.7 Å². The van der Waals surface area contributed by atoms with Crippen LogP contribution in [0.5, 0.6) is 5.75 Å². The third-order valence-corrected chi connectivity index (χ3v) is 4.29. The summed E-state index contributed by atoms with van der Waals surface area (Å²) in [6.07, 6.45) is 3.01. The van der Waals surface area contributed by atoms with Crippen LogP contribution in [0.1, 0.15) is 41.6 Å². The number of Topliss-reactive ketones (excluding diaryl/α,β-unsaturated/α-hetero) is 1. The van der Waals surface area contributed by atoms with Gasteiger partial charge in [0.25, 0.3) is 0 Å². The fourth-order valence-electron chi connectivity index (χ4n) is 3.01. The molecule has 118 valence electrons. The van der Waals surface area contributed by atoms with Gasteiger partial charge in [0, 0.05) is 6.42 Å². The predicted octanol–water partition coefficient (Wildman–Crippen LogP) is 5.21. The Morgan fingerprint density at radius 1 is 1.13 bits per heavy atom. The number of rotatable bonds is 6. The van der Waals surface area contributed by atoms with Gasteiger partial charge in [-0.3, -0.25) is 4.79 Å². The number of benzene rings is 2. The Morgan fingerprint density at radius 3 is 2.61 bits per heavy atom. The molecule has 1 heterocycles. The van der Waals surface area contributed by atoms with Gasteiger partial charge < -0.3 is 9.15 Å². The van der Waals surface area contributed by atoms with Crippen molar-refractivity contribution < 1.29 is 13.9 Å². The summed E-state index contributed by atoms with van der Waals surface area (Å²) in [5.74, 6) is 0.915. The molecule has 0 radical (unpaired) electrons. The molecule has 0 aliphatic heterocycles. The first-order valence-corrected chi connectivity index (χ1v) is 7.87. The van der Waals surface area contributed by atoms with Gasteiger partial charge in [-0.15, -0.1) is 0 Å². The molecule has 0 saturated carbocycles. The summed E-state index contributed by atoms with van der Waals surface area (Å²) in [5, 5.41) is 0.839. The van der Waals surface area contributed by atoms with Crippen LogP contribution >= 0.6 is 0 Å². The third-order valence-electron chi connectivity index (χ3n) is 4.29. The summed E-state index contributed by atoms with van der Waals surface area (Å²) < 4.78 is 10.9. The van der Waals surface area contributed by atoms with Gasteiger partial charge in [0.1, 0.15) is 11.3 Å². The van der Waals surface area contributed by atoms with E-state index in [1.807, 2.05) is 30.3 Å². The second kappa shape index (κ2) is 6.69. The van der Waals surface area contributed by atoms with E-state index in [1.165, 1.54) is 5.56 Å². The molecule has 3 rings (SSSR count). The lowest BCUT2D eigenvalue weighted by Gasteiger charge is -2.16. The standard InChI is InChI=1S/C20H20O3/c1-3-14(15-7-5-4-6-8-15)13-18(21)16-9-10-19-17(11-12-23-19)20(16)22-2/h4-12,14H,3,13H2,1-2H3/t14-/m1/s1.